The minimum absolute atomic E-state index is 0. The van der Waals surface area contributed by atoms with Gasteiger partial charge in [0.05, 0.1) is 129 Å². The van der Waals surface area contributed by atoms with Crippen LogP contribution in [-0.4, -0.2) is 180 Å². The second-order valence-electron chi connectivity index (χ2n) is 24.4. The molecule has 0 amide bonds. The molecule has 0 radical (unpaired) electrons. The Morgan fingerprint density at radius 2 is 0.958 bits per heavy atom. The van der Waals surface area contributed by atoms with Crippen LogP contribution < -0.4 is 14.7 Å². The first-order valence-electron chi connectivity index (χ1n) is 31.3. The summed E-state index contributed by atoms with van der Waals surface area (Å²) in [4.78, 5) is 54.5. The summed E-state index contributed by atoms with van der Waals surface area (Å²) in [5.74, 6) is 3.27. The number of hydrogen-bond acceptors (Lipinski definition) is 21. The van der Waals surface area contributed by atoms with Gasteiger partial charge in [0, 0.05) is 104 Å². The standard InChI is InChI=1S/C25H27N7O3.C24H27N7O2.C15H19ClN6O.2CH4.CH3.W/c1-14-13-35-9-8-31(14)22-12-21(23-15(2)29-30-32(23)17-4-5-17)27-24(28-22)19-10-16(25(33)34-3)11-20-18(19)6-7-26-20;1-14-13-33-8-7-30(14)22-11-21(23-15(2)28-29-31(23)17-3-4-17)26-24(27-22)19-9-16(12-32)10-20-18(19)5-6-25-20;1-9-8-23-6-5-21(9)13-7-12(17-15(16)18-13)14-10(2)19-20-22(14)11-3-4-11;;;;/h6-7,10-12,14,17,26H,4-5,8-9,13H2,1-3H3;5-6,9-11,14,17,25,32H,3-4,7-8,12-13H2,1-2H3;7,9,11H,3-6,8H2,1-2H3;2*1H4;1H3;/q;;;;;-1;/t2*14-;9-;;;;/m111..../s1. The molecule has 26 nitrogen and oxygen atoms in total. The molecule has 10 aromatic rings. The summed E-state index contributed by atoms with van der Waals surface area (Å²) in [6.07, 6.45) is 10.4. The van der Waals surface area contributed by atoms with E-state index in [2.05, 4.69) is 92.4 Å². The van der Waals surface area contributed by atoms with Crippen molar-refractivity contribution in [1.29, 1.82) is 0 Å². The van der Waals surface area contributed by atoms with Gasteiger partial charge in [-0.2, -0.15) is 0 Å². The number of esters is 1. The van der Waals surface area contributed by atoms with E-state index in [9.17, 15) is 9.90 Å². The molecule has 3 N–H and O–H groups in total. The number of aryl methyl sites for hydroxylation is 3. The van der Waals surface area contributed by atoms with E-state index < -0.39 is 5.97 Å². The van der Waals surface area contributed by atoms with Gasteiger partial charge in [0.2, 0.25) is 5.28 Å². The van der Waals surface area contributed by atoms with Gasteiger partial charge in [0.25, 0.3) is 0 Å². The number of methoxy groups -OCH3 is 1. The summed E-state index contributed by atoms with van der Waals surface area (Å²) in [5.41, 5.74) is 12.4. The summed E-state index contributed by atoms with van der Waals surface area (Å²) in [5, 5.41) is 38.1. The van der Waals surface area contributed by atoms with Gasteiger partial charge < -0.3 is 56.1 Å². The van der Waals surface area contributed by atoms with Crippen LogP contribution in [0, 0.1) is 28.2 Å². The summed E-state index contributed by atoms with van der Waals surface area (Å²) >= 11 is 6.20. The number of hydrogen-bond donors (Lipinski definition) is 3. The quantitative estimate of drug-likeness (QED) is 0.0549. The number of aliphatic hydroxyl groups is 1. The molecule has 3 aliphatic heterocycles. The van der Waals surface area contributed by atoms with Crippen LogP contribution in [0.4, 0.5) is 17.5 Å². The van der Waals surface area contributed by atoms with E-state index in [1.54, 1.807) is 12.1 Å². The van der Waals surface area contributed by atoms with Crippen LogP contribution in [0.15, 0.2) is 67.0 Å². The van der Waals surface area contributed by atoms with Crippen molar-refractivity contribution in [2.75, 3.05) is 81.1 Å². The first-order chi connectivity index (χ1) is 44.3. The number of carbonyl (C=O) groups excluding carboxylic acids is 1. The molecule has 6 fully saturated rings. The minimum atomic E-state index is -0.409. The van der Waals surface area contributed by atoms with E-state index >= 15 is 0 Å². The maximum absolute atomic E-state index is 12.4. The molecule has 0 unspecified atom stereocenters. The number of fused-ring (bicyclic) bond motifs is 2. The fourth-order valence-corrected chi connectivity index (χ4v) is 12.5. The number of carbonyl (C=O) groups is 1. The molecule has 3 saturated heterocycles. The van der Waals surface area contributed by atoms with Crippen LogP contribution in [0.3, 0.4) is 0 Å². The van der Waals surface area contributed by atoms with Gasteiger partial charge in [-0.15, -0.1) is 15.3 Å². The van der Waals surface area contributed by atoms with E-state index in [1.165, 1.54) is 7.11 Å². The molecule has 8 aromatic heterocycles. The number of ether oxygens (including phenoxy) is 4. The van der Waals surface area contributed by atoms with Crippen LogP contribution in [0.25, 0.3) is 78.7 Å². The Bertz CT molecular complexity index is 4330. The van der Waals surface area contributed by atoms with Crippen molar-refractivity contribution < 1.29 is 49.9 Å². The number of aromatic nitrogens is 17. The molecule has 3 aliphatic carbocycles. The maximum atomic E-state index is 12.4. The van der Waals surface area contributed by atoms with E-state index in [4.69, 9.17) is 50.5 Å². The van der Waals surface area contributed by atoms with Gasteiger partial charge in [-0.25, -0.2) is 48.7 Å². The molecule has 6 aliphatic rings. The SMILES string of the molecule is C.C.COC(=O)c1cc(-c2nc(-c3c(C)nnn3C3CC3)cc(N3CCOC[C@H]3C)n2)c2cc[nH]c2c1.Cc1nnn(C2CC2)c1-c1cc(N2CCOC[C@H]2C)nc(-c2cc(CO)cc3[nH]ccc23)n1.Cc1nnn(C2CC2)c1-c1cc(N2CCOC[C@H]2C)nc(Cl)n1.[CH3-].[W]. The second-order valence-corrected chi connectivity index (χ2v) is 24.7. The van der Waals surface area contributed by atoms with Crippen molar-refractivity contribution in [3.63, 3.8) is 0 Å². The Balaban J connectivity index is 0.000000155. The number of morpholine rings is 3. The number of halogens is 1. The van der Waals surface area contributed by atoms with Gasteiger partial charge in [-0.05, 0) is 134 Å². The second kappa shape index (κ2) is 29.5. The number of nitrogens with one attached hydrogen (secondary N) is 2. The van der Waals surface area contributed by atoms with E-state index in [-0.39, 0.29) is 73.4 Å². The predicted molar refractivity (Wildman–Crippen MR) is 362 cm³/mol. The number of nitrogens with zero attached hydrogens (tertiary/aromatic N) is 18. The Morgan fingerprint density at radius 3 is 1.35 bits per heavy atom. The van der Waals surface area contributed by atoms with Crippen molar-refractivity contribution in [1.82, 2.24) is 84.9 Å². The summed E-state index contributed by atoms with van der Waals surface area (Å²) in [7, 11) is 1.38. The number of anilines is 3. The van der Waals surface area contributed by atoms with Crippen molar-refractivity contribution >= 4 is 56.8 Å². The summed E-state index contributed by atoms with van der Waals surface area (Å²) < 4.78 is 27.8. The third kappa shape index (κ3) is 14.4. The van der Waals surface area contributed by atoms with Gasteiger partial charge in [0.1, 0.15) is 34.5 Å². The maximum Gasteiger partial charge on any atom is 0.337 e. The molecule has 11 heterocycles. The molecule has 2 aromatic carbocycles. The van der Waals surface area contributed by atoms with Gasteiger partial charge >= 0.3 is 5.97 Å². The van der Waals surface area contributed by atoms with Gasteiger partial charge in [-0.1, -0.05) is 30.5 Å². The molecule has 0 spiro atoms. The smallest absolute Gasteiger partial charge is 0.337 e. The summed E-state index contributed by atoms with van der Waals surface area (Å²) in [6.45, 7) is 18.5. The van der Waals surface area contributed by atoms with Crippen molar-refractivity contribution in [2.24, 2.45) is 0 Å². The average molecular weight is 1480 g/mol. The number of aliphatic hydroxyl groups excluding tert-OH is 1. The first kappa shape index (κ1) is 69.7. The Labute approximate surface area is 572 Å². The Morgan fingerprint density at radius 1 is 0.568 bits per heavy atom. The molecule has 0 bridgehead atoms. The molecule has 16 rings (SSSR count). The van der Waals surface area contributed by atoms with Crippen LogP contribution in [0.1, 0.15) is 125 Å². The van der Waals surface area contributed by atoms with Gasteiger partial charge in [-0.3, -0.25) is 0 Å². The molecular formula is C67H84ClN20O6W-. The number of H-pyrrole nitrogens is 2. The zero-order chi connectivity index (χ0) is 62.6. The van der Waals surface area contributed by atoms with Crippen molar-refractivity contribution in [3.8, 4) is 56.9 Å². The van der Waals surface area contributed by atoms with Crippen LogP contribution in [0.2, 0.25) is 5.28 Å². The predicted octanol–water partition coefficient (Wildman–Crippen LogP) is 10.8. The zero-order valence-electron chi connectivity index (χ0n) is 53.5. The molecule has 3 atom stereocenters. The van der Waals surface area contributed by atoms with E-state index in [0.717, 1.165) is 165 Å². The normalized spacial score (nSPS) is 18.5. The topological polar surface area (TPSA) is 285 Å². The van der Waals surface area contributed by atoms with Crippen molar-refractivity contribution in [3.05, 3.63) is 108 Å². The monoisotopic (exact) mass is 1480 g/mol. The molecular weight excluding hydrogens is 1400 g/mol. The van der Waals surface area contributed by atoms with E-state index in [0.29, 0.717) is 75.0 Å². The Kier molecular flexibility index (Phi) is 21.6. The third-order valence-electron chi connectivity index (χ3n) is 17.6. The first-order valence-corrected chi connectivity index (χ1v) is 31.7. The molecule has 502 valence electrons. The fraction of sp³-hybridized carbons (Fsp3) is 0.463. The molecule has 95 heavy (non-hydrogen) atoms. The van der Waals surface area contributed by atoms with Gasteiger partial charge in [0.15, 0.2) is 11.6 Å². The third-order valence-corrected chi connectivity index (χ3v) is 17.7. The molecule has 28 heteroatoms. The largest absolute Gasteiger partial charge is 0.465 e. The Hall–Kier alpha value is -8.13. The van der Waals surface area contributed by atoms with Crippen molar-refractivity contribution in [2.45, 2.75) is 138 Å². The molecule has 3 saturated carbocycles. The average Bonchev–Trinajstić information content (AvgIpc) is 1.65. The zero-order valence-corrected chi connectivity index (χ0v) is 57.1. The number of rotatable bonds is 13. The van der Waals surface area contributed by atoms with E-state index in [1.807, 2.05) is 83.6 Å². The van der Waals surface area contributed by atoms with Crippen LogP contribution in [-0.2, 0) is 46.6 Å². The summed E-state index contributed by atoms with van der Waals surface area (Å²) in [6, 6.07) is 19.4. The fourth-order valence-electron chi connectivity index (χ4n) is 12.4. The van der Waals surface area contributed by atoms with Crippen LogP contribution >= 0.6 is 11.6 Å². The van der Waals surface area contributed by atoms with Crippen LogP contribution in [0.5, 0.6) is 0 Å². The number of aromatic amines is 2. The number of benzene rings is 2. The minimum Gasteiger partial charge on any atom is -0.465 e.